The number of benzene rings is 1. The zero-order chi connectivity index (χ0) is 15.3. The van der Waals surface area contributed by atoms with Crippen LogP contribution in [0.25, 0.3) is 0 Å². The Morgan fingerprint density at radius 2 is 2.00 bits per heavy atom. The molecule has 0 aliphatic carbocycles. The first-order valence-electron chi connectivity index (χ1n) is 5.47. The van der Waals surface area contributed by atoms with Gasteiger partial charge in [0.25, 0.3) is 0 Å². The molecule has 0 saturated carbocycles. The number of nitrogens with one attached hydrogen (secondary N) is 1. The second kappa shape index (κ2) is 6.65. The SMILES string of the molecule is Cc1cc(NC(=O)CSCC(F)(F)F)ccc1C(=O)O. The van der Waals surface area contributed by atoms with Gasteiger partial charge < -0.3 is 10.4 Å². The van der Waals surface area contributed by atoms with E-state index in [1.54, 1.807) is 6.92 Å². The minimum absolute atomic E-state index is 0.106. The van der Waals surface area contributed by atoms with Crippen molar-refractivity contribution >= 4 is 29.3 Å². The van der Waals surface area contributed by atoms with Crippen LogP contribution in [-0.4, -0.2) is 34.7 Å². The van der Waals surface area contributed by atoms with Crippen LogP contribution < -0.4 is 5.32 Å². The third-order valence-corrected chi connectivity index (χ3v) is 3.24. The summed E-state index contributed by atoms with van der Waals surface area (Å²) in [6, 6.07) is 4.18. The largest absolute Gasteiger partial charge is 0.478 e. The molecule has 0 aliphatic heterocycles. The number of hydrogen-bond donors (Lipinski definition) is 2. The van der Waals surface area contributed by atoms with E-state index in [-0.39, 0.29) is 11.3 Å². The normalized spacial score (nSPS) is 11.2. The number of halogens is 3. The van der Waals surface area contributed by atoms with E-state index in [0.717, 1.165) is 0 Å². The first-order chi connectivity index (χ1) is 9.19. The first kappa shape index (κ1) is 16.4. The Morgan fingerprint density at radius 3 is 2.50 bits per heavy atom. The Hall–Kier alpha value is -1.70. The van der Waals surface area contributed by atoms with Crippen molar-refractivity contribution in [1.82, 2.24) is 0 Å². The first-order valence-corrected chi connectivity index (χ1v) is 6.63. The minimum atomic E-state index is -4.30. The van der Waals surface area contributed by atoms with Crippen molar-refractivity contribution in [2.45, 2.75) is 13.1 Å². The van der Waals surface area contributed by atoms with Crippen LogP contribution in [-0.2, 0) is 4.79 Å². The van der Waals surface area contributed by atoms with Gasteiger partial charge in [-0.1, -0.05) is 0 Å². The van der Waals surface area contributed by atoms with Crippen molar-refractivity contribution < 1.29 is 27.9 Å². The van der Waals surface area contributed by atoms with Crippen molar-refractivity contribution in [3.63, 3.8) is 0 Å². The third-order valence-electron chi connectivity index (χ3n) is 2.24. The maximum atomic E-state index is 11.9. The van der Waals surface area contributed by atoms with Crippen LogP contribution in [0.3, 0.4) is 0 Å². The lowest BCUT2D eigenvalue weighted by Crippen LogP contribution is -2.18. The highest BCUT2D eigenvalue weighted by molar-refractivity contribution is 8.00. The molecule has 1 aromatic carbocycles. The van der Waals surface area contributed by atoms with Gasteiger partial charge in [0.05, 0.1) is 17.1 Å². The van der Waals surface area contributed by atoms with Gasteiger partial charge in [0.15, 0.2) is 0 Å². The fourth-order valence-corrected chi connectivity index (χ4v) is 2.03. The van der Waals surface area contributed by atoms with Gasteiger partial charge in [0, 0.05) is 5.69 Å². The smallest absolute Gasteiger partial charge is 0.397 e. The number of carbonyl (C=O) groups is 2. The zero-order valence-electron chi connectivity index (χ0n) is 10.5. The quantitative estimate of drug-likeness (QED) is 0.878. The number of hydrogen-bond acceptors (Lipinski definition) is 3. The van der Waals surface area contributed by atoms with Gasteiger partial charge in [-0.05, 0) is 30.7 Å². The molecule has 2 N–H and O–H groups in total. The molecule has 0 unspecified atom stereocenters. The lowest BCUT2D eigenvalue weighted by atomic mass is 10.1. The lowest BCUT2D eigenvalue weighted by molar-refractivity contribution is -0.113. The molecule has 0 spiro atoms. The average molecular weight is 307 g/mol. The Kier molecular flexibility index (Phi) is 5.43. The molecule has 0 saturated heterocycles. The maximum absolute atomic E-state index is 11.9. The van der Waals surface area contributed by atoms with E-state index in [0.29, 0.717) is 23.0 Å². The summed E-state index contributed by atoms with van der Waals surface area (Å²) in [4.78, 5) is 22.2. The topological polar surface area (TPSA) is 66.4 Å². The second-order valence-electron chi connectivity index (χ2n) is 3.99. The van der Waals surface area contributed by atoms with Crippen LogP contribution in [0.2, 0.25) is 0 Å². The molecule has 20 heavy (non-hydrogen) atoms. The summed E-state index contributed by atoms with van der Waals surface area (Å²) in [6.07, 6.45) is -4.30. The molecule has 8 heteroatoms. The van der Waals surface area contributed by atoms with Gasteiger partial charge in [0.1, 0.15) is 0 Å². The number of carbonyl (C=O) groups excluding carboxylic acids is 1. The molecule has 0 aromatic heterocycles. The van der Waals surface area contributed by atoms with Crippen molar-refractivity contribution in [2.24, 2.45) is 0 Å². The molecule has 0 radical (unpaired) electrons. The van der Waals surface area contributed by atoms with Crippen molar-refractivity contribution in [3.05, 3.63) is 29.3 Å². The molecule has 1 rings (SSSR count). The van der Waals surface area contributed by atoms with Crippen LogP contribution >= 0.6 is 11.8 Å². The number of anilines is 1. The van der Waals surface area contributed by atoms with Crippen LogP contribution in [0.15, 0.2) is 18.2 Å². The van der Waals surface area contributed by atoms with Crippen molar-refractivity contribution in [1.29, 1.82) is 0 Å². The van der Waals surface area contributed by atoms with Crippen LogP contribution in [0.1, 0.15) is 15.9 Å². The second-order valence-corrected chi connectivity index (χ2v) is 4.98. The third kappa shape index (κ3) is 5.52. The summed E-state index contributed by atoms with van der Waals surface area (Å²) in [7, 11) is 0. The van der Waals surface area contributed by atoms with Crippen molar-refractivity contribution in [3.8, 4) is 0 Å². The van der Waals surface area contributed by atoms with E-state index in [9.17, 15) is 22.8 Å². The molecule has 110 valence electrons. The fourth-order valence-electron chi connectivity index (χ4n) is 1.44. The van der Waals surface area contributed by atoms with E-state index in [4.69, 9.17) is 5.11 Å². The molecule has 1 aromatic rings. The van der Waals surface area contributed by atoms with E-state index in [1.807, 2.05) is 0 Å². The maximum Gasteiger partial charge on any atom is 0.397 e. The van der Waals surface area contributed by atoms with Crippen LogP contribution in [0.5, 0.6) is 0 Å². The van der Waals surface area contributed by atoms with E-state index in [1.165, 1.54) is 18.2 Å². The van der Waals surface area contributed by atoms with E-state index >= 15 is 0 Å². The Bertz CT molecular complexity index is 517. The Labute approximate surface area is 117 Å². The zero-order valence-corrected chi connectivity index (χ0v) is 11.3. The number of amides is 1. The highest BCUT2D eigenvalue weighted by atomic mass is 32.2. The summed E-state index contributed by atoms with van der Waals surface area (Å²) < 4.78 is 35.7. The van der Waals surface area contributed by atoms with Gasteiger partial charge >= 0.3 is 12.1 Å². The number of rotatable bonds is 5. The number of carboxylic acids is 1. The molecule has 0 fully saturated rings. The monoisotopic (exact) mass is 307 g/mol. The summed E-state index contributed by atoms with van der Waals surface area (Å²) >= 11 is 0.469. The highest BCUT2D eigenvalue weighted by Gasteiger charge is 2.27. The molecular weight excluding hydrogens is 295 g/mol. The highest BCUT2D eigenvalue weighted by Crippen LogP contribution is 2.21. The van der Waals surface area contributed by atoms with Gasteiger partial charge in [-0.25, -0.2) is 4.79 Å². The summed E-state index contributed by atoms with van der Waals surface area (Å²) in [5, 5.41) is 11.2. The number of alkyl halides is 3. The molecule has 0 heterocycles. The van der Waals surface area contributed by atoms with E-state index < -0.39 is 23.8 Å². The number of aryl methyl sites for hydroxylation is 1. The molecular formula is C12H12F3NO3S. The number of aromatic carboxylic acids is 1. The van der Waals surface area contributed by atoms with Crippen LogP contribution in [0, 0.1) is 6.92 Å². The molecule has 0 atom stereocenters. The van der Waals surface area contributed by atoms with Gasteiger partial charge in [-0.2, -0.15) is 13.2 Å². The van der Waals surface area contributed by atoms with Gasteiger partial charge in [-0.3, -0.25) is 4.79 Å². The van der Waals surface area contributed by atoms with Crippen LogP contribution in [0.4, 0.5) is 18.9 Å². The van der Waals surface area contributed by atoms with Gasteiger partial charge in [0.2, 0.25) is 5.91 Å². The summed E-state index contributed by atoms with van der Waals surface area (Å²) in [5.74, 6) is -3.06. The molecule has 0 bridgehead atoms. The minimum Gasteiger partial charge on any atom is -0.478 e. The number of thioether (sulfide) groups is 1. The number of carboxylic acid groups (broad SMARTS) is 1. The van der Waals surface area contributed by atoms with Gasteiger partial charge in [-0.15, -0.1) is 11.8 Å². The molecule has 0 aliphatic rings. The molecule has 1 amide bonds. The average Bonchev–Trinajstić information content (AvgIpc) is 2.26. The fraction of sp³-hybridized carbons (Fsp3) is 0.333. The standard InChI is InChI=1S/C12H12F3NO3S/c1-7-4-8(2-3-9(7)11(18)19)16-10(17)5-20-6-12(13,14)15/h2-4H,5-6H2,1H3,(H,16,17)(H,18,19). The Balaban J connectivity index is 2.54. The predicted octanol–water partition coefficient (Wildman–Crippen LogP) is 2.93. The Morgan fingerprint density at radius 1 is 1.35 bits per heavy atom. The summed E-state index contributed by atoms with van der Waals surface area (Å²) in [5.41, 5.74) is 0.915. The van der Waals surface area contributed by atoms with Crippen molar-refractivity contribution in [2.75, 3.05) is 16.8 Å². The summed E-state index contributed by atoms with van der Waals surface area (Å²) in [6.45, 7) is 1.57. The van der Waals surface area contributed by atoms with E-state index in [2.05, 4.69) is 5.32 Å². The molecule has 4 nitrogen and oxygen atoms in total. The predicted molar refractivity (Wildman–Crippen MR) is 70.1 cm³/mol. The lowest BCUT2D eigenvalue weighted by Gasteiger charge is -2.08.